The maximum Gasteiger partial charge on any atom is 0.219 e. The van der Waals surface area contributed by atoms with Gasteiger partial charge in [0.15, 0.2) is 0 Å². The van der Waals surface area contributed by atoms with Gasteiger partial charge >= 0.3 is 0 Å². The Hall–Kier alpha value is -0.570. The molecular formula is C16H33N2O+. The lowest BCUT2D eigenvalue weighted by Crippen LogP contribution is -2.55. The number of piperidine rings is 2. The number of carbonyl (C=O) groups is 1. The topological polar surface area (TPSA) is 20.3 Å². The van der Waals surface area contributed by atoms with Crippen molar-refractivity contribution in [3.8, 4) is 0 Å². The predicted octanol–water partition coefficient (Wildman–Crippen LogP) is 2.90. The second-order valence-corrected chi connectivity index (χ2v) is 6.39. The average molecular weight is 269 g/mol. The highest BCUT2D eigenvalue weighted by Crippen LogP contribution is 2.42. The van der Waals surface area contributed by atoms with Crippen LogP contribution < -0.4 is 0 Å². The zero-order chi connectivity index (χ0) is 14.5. The van der Waals surface area contributed by atoms with E-state index in [0.717, 1.165) is 13.1 Å². The molecular weight excluding hydrogens is 236 g/mol. The van der Waals surface area contributed by atoms with Crippen LogP contribution in [0.1, 0.15) is 53.4 Å². The summed E-state index contributed by atoms with van der Waals surface area (Å²) in [6.45, 7) is 13.9. The number of quaternary nitrogens is 1. The first-order valence-electron chi connectivity index (χ1n) is 8.08. The maximum absolute atomic E-state index is 11.3. The molecule has 2 aliphatic heterocycles. The van der Waals surface area contributed by atoms with E-state index in [1.54, 1.807) is 6.92 Å². The molecule has 2 aliphatic rings. The summed E-state index contributed by atoms with van der Waals surface area (Å²) in [6.07, 6.45) is 5.19. The Kier molecular flexibility index (Phi) is 5.84. The minimum absolute atomic E-state index is 0.254. The van der Waals surface area contributed by atoms with E-state index in [1.165, 1.54) is 49.8 Å². The number of amides is 1. The van der Waals surface area contributed by atoms with Crippen molar-refractivity contribution in [1.82, 2.24) is 4.90 Å². The summed E-state index contributed by atoms with van der Waals surface area (Å²) in [5.41, 5.74) is 0.568. The van der Waals surface area contributed by atoms with Gasteiger partial charge in [-0.05, 0) is 25.2 Å². The summed E-state index contributed by atoms with van der Waals surface area (Å²) in [5.74, 6) is 0.254. The molecule has 3 heteroatoms. The molecule has 2 heterocycles. The van der Waals surface area contributed by atoms with Gasteiger partial charge in [0, 0.05) is 32.9 Å². The van der Waals surface area contributed by atoms with Crippen LogP contribution in [-0.4, -0.2) is 55.1 Å². The van der Waals surface area contributed by atoms with E-state index in [0.29, 0.717) is 5.41 Å². The van der Waals surface area contributed by atoms with Gasteiger partial charge < -0.3 is 9.38 Å². The number of nitrogens with zero attached hydrogens (tertiary/aromatic N) is 2. The van der Waals surface area contributed by atoms with Crippen LogP contribution in [0.25, 0.3) is 0 Å². The largest absolute Gasteiger partial charge is 0.343 e. The molecule has 0 unspecified atom stereocenters. The highest BCUT2D eigenvalue weighted by atomic mass is 16.2. The Morgan fingerprint density at radius 1 is 1.11 bits per heavy atom. The molecule has 0 aromatic carbocycles. The van der Waals surface area contributed by atoms with Crippen LogP contribution in [0.2, 0.25) is 0 Å². The van der Waals surface area contributed by atoms with Crippen LogP contribution in [0.15, 0.2) is 0 Å². The number of likely N-dealkylation sites (tertiary alicyclic amines) is 2. The van der Waals surface area contributed by atoms with Crippen molar-refractivity contribution in [3.05, 3.63) is 0 Å². The lowest BCUT2D eigenvalue weighted by atomic mass is 9.70. The van der Waals surface area contributed by atoms with Gasteiger partial charge in [-0.15, -0.1) is 0 Å². The molecule has 0 aromatic rings. The van der Waals surface area contributed by atoms with Crippen LogP contribution in [0.3, 0.4) is 0 Å². The second kappa shape index (κ2) is 6.74. The first-order valence-corrected chi connectivity index (χ1v) is 8.08. The quantitative estimate of drug-likeness (QED) is 0.670. The monoisotopic (exact) mass is 269 g/mol. The average Bonchev–Trinajstić information content (AvgIpc) is 2.45. The number of rotatable bonds is 1. The Bertz CT molecular complexity index is 283. The van der Waals surface area contributed by atoms with Crippen molar-refractivity contribution in [2.45, 2.75) is 53.4 Å². The van der Waals surface area contributed by atoms with Crippen LogP contribution in [0.4, 0.5) is 0 Å². The molecule has 2 rings (SSSR count). The SMILES string of the molecule is CC.CC[N+]1(C)CCC2(CCN(C(C)=O)CC2)CC1. The highest BCUT2D eigenvalue weighted by Gasteiger charge is 2.42. The van der Waals surface area contributed by atoms with Crippen LogP contribution in [-0.2, 0) is 4.79 Å². The molecule has 0 atom stereocenters. The van der Waals surface area contributed by atoms with Crippen molar-refractivity contribution in [2.24, 2.45) is 5.41 Å². The lowest BCUT2D eigenvalue weighted by molar-refractivity contribution is -0.915. The first-order chi connectivity index (χ1) is 8.99. The van der Waals surface area contributed by atoms with Gasteiger partial charge in [0.2, 0.25) is 5.91 Å². The molecule has 19 heavy (non-hydrogen) atoms. The third-order valence-electron chi connectivity index (χ3n) is 5.40. The number of carbonyl (C=O) groups excluding carboxylic acids is 1. The summed E-state index contributed by atoms with van der Waals surface area (Å²) in [6, 6.07) is 0. The van der Waals surface area contributed by atoms with Crippen molar-refractivity contribution in [2.75, 3.05) is 39.8 Å². The van der Waals surface area contributed by atoms with E-state index < -0.39 is 0 Å². The Labute approximate surface area is 119 Å². The van der Waals surface area contributed by atoms with Crippen molar-refractivity contribution >= 4 is 5.91 Å². The van der Waals surface area contributed by atoms with Gasteiger partial charge in [0.1, 0.15) is 0 Å². The summed E-state index contributed by atoms with van der Waals surface area (Å²) >= 11 is 0. The Morgan fingerprint density at radius 2 is 1.58 bits per heavy atom. The fourth-order valence-electron chi connectivity index (χ4n) is 3.36. The molecule has 1 amide bonds. The molecule has 0 aromatic heterocycles. The summed E-state index contributed by atoms with van der Waals surface area (Å²) in [4.78, 5) is 13.4. The van der Waals surface area contributed by atoms with Gasteiger partial charge in [0.05, 0.1) is 26.7 Å². The number of hydrogen-bond acceptors (Lipinski definition) is 1. The van der Waals surface area contributed by atoms with E-state index in [4.69, 9.17) is 0 Å². The van der Waals surface area contributed by atoms with E-state index in [1.807, 2.05) is 18.7 Å². The second-order valence-electron chi connectivity index (χ2n) is 6.39. The fraction of sp³-hybridized carbons (Fsp3) is 0.938. The Morgan fingerprint density at radius 3 is 1.95 bits per heavy atom. The summed E-state index contributed by atoms with van der Waals surface area (Å²) in [7, 11) is 2.39. The van der Waals surface area contributed by atoms with Gasteiger partial charge in [-0.2, -0.15) is 0 Å². The third kappa shape index (κ3) is 3.95. The molecule has 0 aliphatic carbocycles. The van der Waals surface area contributed by atoms with Crippen molar-refractivity contribution in [3.63, 3.8) is 0 Å². The molecule has 0 radical (unpaired) electrons. The molecule has 1 spiro atoms. The standard InChI is InChI=1S/C14H27N2O.C2H6/c1-4-16(3)11-7-14(8-12-16)5-9-15(10-6-14)13(2)17;1-2/h4-12H2,1-3H3;1-2H3/q+1;. The van der Waals surface area contributed by atoms with Crippen molar-refractivity contribution < 1.29 is 9.28 Å². The smallest absolute Gasteiger partial charge is 0.219 e. The van der Waals surface area contributed by atoms with Crippen LogP contribution >= 0.6 is 0 Å². The normalized spacial score (nSPS) is 24.6. The molecule has 0 bridgehead atoms. The molecule has 2 fully saturated rings. The highest BCUT2D eigenvalue weighted by molar-refractivity contribution is 5.73. The van der Waals surface area contributed by atoms with Gasteiger partial charge in [-0.1, -0.05) is 13.8 Å². The van der Waals surface area contributed by atoms with E-state index in [2.05, 4.69) is 14.0 Å². The van der Waals surface area contributed by atoms with Gasteiger partial charge in [-0.25, -0.2) is 0 Å². The van der Waals surface area contributed by atoms with E-state index >= 15 is 0 Å². The fourth-order valence-corrected chi connectivity index (χ4v) is 3.36. The van der Waals surface area contributed by atoms with Gasteiger partial charge in [0.25, 0.3) is 0 Å². The van der Waals surface area contributed by atoms with Crippen LogP contribution in [0.5, 0.6) is 0 Å². The van der Waals surface area contributed by atoms with E-state index in [-0.39, 0.29) is 5.91 Å². The zero-order valence-electron chi connectivity index (χ0n) is 13.7. The third-order valence-corrected chi connectivity index (χ3v) is 5.40. The van der Waals surface area contributed by atoms with Crippen LogP contribution in [0, 0.1) is 5.41 Å². The molecule has 2 saturated heterocycles. The van der Waals surface area contributed by atoms with E-state index in [9.17, 15) is 4.79 Å². The minimum atomic E-state index is 0.254. The molecule has 0 N–H and O–H groups in total. The number of hydrogen-bond donors (Lipinski definition) is 0. The first kappa shape index (κ1) is 16.5. The molecule has 112 valence electrons. The zero-order valence-corrected chi connectivity index (χ0v) is 13.7. The molecule has 0 saturated carbocycles. The summed E-state index contributed by atoms with van der Waals surface area (Å²) < 4.78 is 1.25. The van der Waals surface area contributed by atoms with Gasteiger partial charge in [-0.3, -0.25) is 4.79 Å². The Balaban J connectivity index is 0.000000861. The minimum Gasteiger partial charge on any atom is -0.343 e. The maximum atomic E-state index is 11.3. The predicted molar refractivity (Wildman–Crippen MR) is 81.0 cm³/mol. The lowest BCUT2D eigenvalue weighted by Gasteiger charge is -2.49. The van der Waals surface area contributed by atoms with Crippen molar-refractivity contribution in [1.29, 1.82) is 0 Å². The summed E-state index contributed by atoms with van der Waals surface area (Å²) in [5, 5.41) is 0. The molecule has 3 nitrogen and oxygen atoms in total.